The minimum absolute atomic E-state index is 0.272. The van der Waals surface area contributed by atoms with Crippen LogP contribution in [0.25, 0.3) is 0 Å². The van der Waals surface area contributed by atoms with E-state index in [-0.39, 0.29) is 5.96 Å². The number of carbonyl (C=O) groups excluding carboxylic acids is 3. The lowest BCUT2D eigenvalue weighted by Gasteiger charge is -2.25. The van der Waals surface area contributed by atoms with Gasteiger partial charge in [0.05, 0.1) is 31.3 Å². The number of hydrogen-bond donors (Lipinski definition) is 3. The minimum Gasteiger partial charge on any atom is -0.453 e. The van der Waals surface area contributed by atoms with Gasteiger partial charge in [-0.15, -0.1) is 4.99 Å². The molecule has 3 aromatic rings. The number of primary amides is 1. The summed E-state index contributed by atoms with van der Waals surface area (Å²) in [6, 6.07) is 23.0. The molecule has 0 saturated carbocycles. The quantitative estimate of drug-likeness (QED) is 0.338. The van der Waals surface area contributed by atoms with Crippen LogP contribution >= 0.6 is 11.8 Å². The van der Waals surface area contributed by atoms with Crippen molar-refractivity contribution < 1.29 is 23.9 Å². The number of para-hydroxylation sites is 1. The number of amides is 4. The highest BCUT2D eigenvalue weighted by molar-refractivity contribution is 7.99. The molecule has 3 rings (SSSR count). The van der Waals surface area contributed by atoms with Gasteiger partial charge in [-0.2, -0.15) is 0 Å². The Kier molecular flexibility index (Phi) is 8.68. The van der Waals surface area contributed by atoms with Gasteiger partial charge in [0, 0.05) is 9.79 Å². The largest absolute Gasteiger partial charge is 0.453 e. The molecule has 0 atom stereocenters. The van der Waals surface area contributed by atoms with E-state index in [0.29, 0.717) is 17.1 Å². The van der Waals surface area contributed by atoms with Gasteiger partial charge < -0.3 is 20.5 Å². The Balaban J connectivity index is 2.09. The number of benzene rings is 3. The summed E-state index contributed by atoms with van der Waals surface area (Å²) >= 11 is 1.48. The van der Waals surface area contributed by atoms with Crippen LogP contribution in [0.5, 0.6) is 0 Å². The maximum Gasteiger partial charge on any atom is 0.436 e. The first-order chi connectivity index (χ1) is 16.9. The van der Waals surface area contributed by atoms with E-state index < -0.39 is 18.2 Å². The number of urea groups is 1. The SMILES string of the molecule is COC(=O)N=C(NC(=O)OC)Nc1ccc(Sc2ccccc2)cc1N(C(N)=O)c1ccccc1. The van der Waals surface area contributed by atoms with Crippen LogP contribution in [0.4, 0.5) is 31.4 Å². The van der Waals surface area contributed by atoms with Gasteiger partial charge in [-0.25, -0.2) is 14.4 Å². The lowest BCUT2D eigenvalue weighted by molar-refractivity contribution is 0.176. The van der Waals surface area contributed by atoms with Crippen molar-refractivity contribution in [3.63, 3.8) is 0 Å². The van der Waals surface area contributed by atoms with Crippen molar-refractivity contribution in [1.82, 2.24) is 5.32 Å². The van der Waals surface area contributed by atoms with Gasteiger partial charge in [0.25, 0.3) is 0 Å². The summed E-state index contributed by atoms with van der Waals surface area (Å²) in [7, 11) is 2.31. The summed E-state index contributed by atoms with van der Waals surface area (Å²) in [5.41, 5.74) is 6.96. The van der Waals surface area contributed by atoms with Crippen molar-refractivity contribution in [2.24, 2.45) is 10.7 Å². The predicted octanol–water partition coefficient (Wildman–Crippen LogP) is 4.94. The fraction of sp³-hybridized carbons (Fsp3) is 0.0833. The molecular formula is C24H23N5O5S. The first kappa shape index (κ1) is 25.1. The zero-order valence-electron chi connectivity index (χ0n) is 18.9. The molecule has 0 aromatic heterocycles. The van der Waals surface area contributed by atoms with Gasteiger partial charge in [0.1, 0.15) is 0 Å². The molecule has 3 aromatic carbocycles. The van der Waals surface area contributed by atoms with Crippen LogP contribution in [0.2, 0.25) is 0 Å². The summed E-state index contributed by atoms with van der Waals surface area (Å²) in [5.74, 6) is -0.272. The van der Waals surface area contributed by atoms with Gasteiger partial charge in [-0.3, -0.25) is 10.2 Å². The van der Waals surface area contributed by atoms with Gasteiger partial charge in [0.2, 0.25) is 5.96 Å². The number of guanidine groups is 1. The molecule has 4 amide bonds. The summed E-state index contributed by atoms with van der Waals surface area (Å²) in [6.07, 6.45) is -1.83. The van der Waals surface area contributed by atoms with E-state index in [1.807, 2.05) is 42.5 Å². The Bertz CT molecular complexity index is 1220. The topological polar surface area (TPSA) is 135 Å². The highest BCUT2D eigenvalue weighted by Gasteiger charge is 2.21. The molecule has 0 saturated heterocycles. The fourth-order valence-corrected chi connectivity index (χ4v) is 3.82. The number of nitrogens with one attached hydrogen (secondary N) is 2. The average molecular weight is 494 g/mol. The highest BCUT2D eigenvalue weighted by atomic mass is 32.2. The second-order valence-corrected chi connectivity index (χ2v) is 7.92. The molecule has 0 radical (unpaired) electrons. The van der Waals surface area contributed by atoms with E-state index >= 15 is 0 Å². The summed E-state index contributed by atoms with van der Waals surface area (Å²) in [4.78, 5) is 42.9. The molecule has 10 nitrogen and oxygen atoms in total. The smallest absolute Gasteiger partial charge is 0.436 e. The number of anilines is 3. The standard InChI is InChI=1S/C24H23N5O5S/c1-33-23(31)27-22(28-24(32)34-2)26-19-14-13-18(35-17-11-7-4-8-12-17)15-20(19)29(21(25)30)16-9-5-3-6-10-16/h3-15H,1-2H3,(H2,25,30)(H2,26,27,28,31,32). The molecule has 0 aliphatic rings. The Morgan fingerprint density at radius 2 is 1.54 bits per heavy atom. The number of alkyl carbamates (subject to hydrolysis) is 1. The lowest BCUT2D eigenvalue weighted by atomic mass is 10.2. The normalized spacial score (nSPS) is 10.7. The number of carbonyl (C=O) groups is 3. The zero-order valence-corrected chi connectivity index (χ0v) is 19.7. The second kappa shape index (κ2) is 12.1. The van der Waals surface area contributed by atoms with Crippen molar-refractivity contribution in [1.29, 1.82) is 0 Å². The Labute approximate surface area is 206 Å². The Morgan fingerprint density at radius 1 is 0.886 bits per heavy atom. The van der Waals surface area contributed by atoms with Crippen molar-refractivity contribution in [3.8, 4) is 0 Å². The van der Waals surface area contributed by atoms with E-state index in [4.69, 9.17) is 5.73 Å². The number of nitrogens with zero attached hydrogens (tertiary/aromatic N) is 2. The summed E-state index contributed by atoms with van der Waals surface area (Å²) in [5, 5.41) is 5.16. The molecule has 0 fully saturated rings. The van der Waals surface area contributed by atoms with Crippen LogP contribution in [0.1, 0.15) is 0 Å². The van der Waals surface area contributed by atoms with Crippen LogP contribution in [0.15, 0.2) is 93.6 Å². The summed E-state index contributed by atoms with van der Waals surface area (Å²) in [6.45, 7) is 0. The van der Waals surface area contributed by atoms with Crippen LogP contribution < -0.4 is 21.3 Å². The molecule has 0 aliphatic carbocycles. The maximum absolute atomic E-state index is 12.6. The number of hydrogen-bond acceptors (Lipinski definition) is 6. The molecule has 0 heterocycles. The van der Waals surface area contributed by atoms with Gasteiger partial charge in [-0.1, -0.05) is 48.2 Å². The monoisotopic (exact) mass is 493 g/mol. The number of methoxy groups -OCH3 is 2. The van der Waals surface area contributed by atoms with E-state index in [2.05, 4.69) is 25.1 Å². The number of nitrogens with two attached hydrogens (primary N) is 1. The minimum atomic E-state index is -0.962. The number of ether oxygens (including phenoxy) is 2. The third kappa shape index (κ3) is 6.98. The van der Waals surface area contributed by atoms with Crippen LogP contribution in [0, 0.1) is 0 Å². The number of rotatable bonds is 5. The van der Waals surface area contributed by atoms with Crippen LogP contribution in [-0.2, 0) is 9.47 Å². The first-order valence-electron chi connectivity index (χ1n) is 10.2. The van der Waals surface area contributed by atoms with E-state index in [9.17, 15) is 14.4 Å². The second-order valence-electron chi connectivity index (χ2n) is 6.78. The third-order valence-electron chi connectivity index (χ3n) is 4.46. The predicted molar refractivity (Wildman–Crippen MR) is 134 cm³/mol. The van der Waals surface area contributed by atoms with Gasteiger partial charge in [-0.05, 0) is 42.5 Å². The molecule has 4 N–H and O–H groups in total. The maximum atomic E-state index is 12.6. The molecule has 180 valence electrons. The van der Waals surface area contributed by atoms with Crippen molar-refractivity contribution in [2.75, 3.05) is 24.4 Å². The third-order valence-corrected chi connectivity index (χ3v) is 5.46. The van der Waals surface area contributed by atoms with Gasteiger partial charge >= 0.3 is 18.2 Å². The first-order valence-corrected chi connectivity index (χ1v) is 11.0. The van der Waals surface area contributed by atoms with E-state index in [0.717, 1.165) is 24.0 Å². The van der Waals surface area contributed by atoms with Crippen LogP contribution in [-0.4, -0.2) is 38.4 Å². The van der Waals surface area contributed by atoms with Crippen molar-refractivity contribution >= 4 is 53.0 Å². The molecule has 0 spiro atoms. The van der Waals surface area contributed by atoms with E-state index in [1.54, 1.807) is 36.4 Å². The lowest BCUT2D eigenvalue weighted by Crippen LogP contribution is -2.37. The average Bonchev–Trinajstić information content (AvgIpc) is 2.86. The molecule has 0 unspecified atom stereocenters. The molecule has 0 bridgehead atoms. The van der Waals surface area contributed by atoms with Crippen LogP contribution in [0.3, 0.4) is 0 Å². The molecule has 11 heteroatoms. The zero-order chi connectivity index (χ0) is 25.2. The fourth-order valence-electron chi connectivity index (χ4n) is 2.95. The van der Waals surface area contributed by atoms with Crippen molar-refractivity contribution in [3.05, 3.63) is 78.9 Å². The Hall–Kier alpha value is -4.51. The Morgan fingerprint density at radius 3 is 2.14 bits per heavy atom. The highest BCUT2D eigenvalue weighted by Crippen LogP contribution is 2.37. The molecular weight excluding hydrogens is 470 g/mol. The summed E-state index contributed by atoms with van der Waals surface area (Å²) < 4.78 is 9.15. The van der Waals surface area contributed by atoms with Crippen molar-refractivity contribution in [2.45, 2.75) is 9.79 Å². The van der Waals surface area contributed by atoms with E-state index in [1.165, 1.54) is 16.7 Å². The molecule has 0 aliphatic heterocycles. The molecule has 35 heavy (non-hydrogen) atoms. The van der Waals surface area contributed by atoms with Gasteiger partial charge in [0.15, 0.2) is 0 Å². The number of aliphatic imine (C=N–C) groups is 1.